The number of imidazole rings is 2. The van der Waals surface area contributed by atoms with Crippen LogP contribution >= 0.6 is 0 Å². The van der Waals surface area contributed by atoms with E-state index < -0.39 is 32.3 Å². The number of rotatable bonds is 10. The minimum absolute atomic E-state index is 0.0390. The molecule has 4 atom stereocenters. The summed E-state index contributed by atoms with van der Waals surface area (Å²) in [5.74, 6) is 1.33. The predicted octanol–water partition coefficient (Wildman–Crippen LogP) is 7.86. The zero-order chi connectivity index (χ0) is 42.3. The Morgan fingerprint density at radius 2 is 1.48 bits per heavy atom. The molecule has 2 saturated heterocycles. The number of nitrogens with one attached hydrogen (secondary N) is 4. The van der Waals surface area contributed by atoms with Crippen LogP contribution in [0.25, 0.3) is 44.2 Å². The first-order valence-electron chi connectivity index (χ1n) is 21.2. The molecule has 4 heterocycles. The Hall–Kier alpha value is -5.70. The van der Waals surface area contributed by atoms with Crippen LogP contribution in [0.4, 0.5) is 9.59 Å². The van der Waals surface area contributed by atoms with E-state index in [2.05, 4.69) is 88.3 Å². The third-order valence-electron chi connectivity index (χ3n) is 12.8. The van der Waals surface area contributed by atoms with Crippen molar-refractivity contribution in [3.63, 3.8) is 0 Å². The number of nitrogens with zero attached hydrogens (tertiary/aromatic N) is 4. The van der Waals surface area contributed by atoms with E-state index in [9.17, 15) is 19.2 Å². The van der Waals surface area contributed by atoms with Crippen LogP contribution in [0, 0.1) is 11.8 Å². The fraction of sp³-hybridized carbons (Fsp3) is 0.467. The Morgan fingerprint density at radius 1 is 0.783 bits per heavy atom. The fourth-order valence-corrected chi connectivity index (χ4v) is 12.5. The lowest BCUT2D eigenvalue weighted by Crippen LogP contribution is -2.52. The molecule has 316 valence electrons. The summed E-state index contributed by atoms with van der Waals surface area (Å²) >= 11 is 0. The molecular weight excluding hydrogens is 777 g/mol. The van der Waals surface area contributed by atoms with Crippen molar-refractivity contribution in [3.05, 3.63) is 72.4 Å². The minimum Gasteiger partial charge on any atom is -0.453 e. The Morgan fingerprint density at radius 3 is 2.20 bits per heavy atom. The number of alkyl carbamates (subject to hydrolysis) is 2. The van der Waals surface area contributed by atoms with Gasteiger partial charge in [0.1, 0.15) is 23.7 Å². The van der Waals surface area contributed by atoms with Crippen molar-refractivity contribution >= 4 is 53.9 Å². The molecule has 4 amide bonds. The van der Waals surface area contributed by atoms with Crippen LogP contribution in [-0.2, 0) is 19.1 Å². The summed E-state index contributed by atoms with van der Waals surface area (Å²) in [5, 5.41) is 7.70. The predicted molar refractivity (Wildman–Crippen MR) is 233 cm³/mol. The molecule has 15 heteroatoms. The number of amides is 4. The topological polar surface area (TPSA) is 175 Å². The van der Waals surface area contributed by atoms with Crippen LogP contribution < -0.4 is 10.6 Å². The first-order chi connectivity index (χ1) is 28.8. The molecule has 1 aliphatic carbocycles. The van der Waals surface area contributed by atoms with E-state index in [4.69, 9.17) is 19.4 Å². The van der Waals surface area contributed by atoms with E-state index in [0.29, 0.717) is 12.7 Å². The van der Waals surface area contributed by atoms with Crippen molar-refractivity contribution < 1.29 is 28.7 Å². The maximum atomic E-state index is 14.3. The molecule has 3 fully saturated rings. The average Bonchev–Trinajstić information content (AvgIpc) is 4.10. The number of carbonyl (C=O) groups is 4. The van der Waals surface area contributed by atoms with Crippen molar-refractivity contribution in [1.29, 1.82) is 0 Å². The smallest absolute Gasteiger partial charge is 0.407 e. The molecule has 0 bridgehead atoms. The number of aromatic amines is 2. The van der Waals surface area contributed by atoms with Gasteiger partial charge in [-0.1, -0.05) is 82.2 Å². The number of methoxy groups -OCH3 is 2. The largest absolute Gasteiger partial charge is 0.453 e. The van der Waals surface area contributed by atoms with E-state index in [-0.39, 0.29) is 35.7 Å². The Kier molecular flexibility index (Phi) is 11.5. The first kappa shape index (κ1) is 41.0. The number of ether oxygens (including phenoxy) is 2. The third-order valence-corrected chi connectivity index (χ3v) is 15.5. The Bertz CT molecular complexity index is 2400. The van der Waals surface area contributed by atoms with Gasteiger partial charge >= 0.3 is 12.2 Å². The third kappa shape index (κ3) is 8.11. The number of fused-ring (bicyclic) bond motifs is 3. The zero-order valence-electron chi connectivity index (χ0n) is 35.3. The summed E-state index contributed by atoms with van der Waals surface area (Å²) < 4.78 is 9.71. The second-order valence-electron chi connectivity index (χ2n) is 17.8. The second kappa shape index (κ2) is 16.7. The molecule has 60 heavy (non-hydrogen) atoms. The van der Waals surface area contributed by atoms with Gasteiger partial charge in [-0.3, -0.25) is 9.59 Å². The normalized spacial score (nSPS) is 20.2. The quantitative estimate of drug-likeness (QED) is 0.103. The van der Waals surface area contributed by atoms with Crippen molar-refractivity contribution in [2.75, 3.05) is 26.9 Å². The van der Waals surface area contributed by atoms with Gasteiger partial charge in [0.15, 0.2) is 0 Å². The molecule has 4 N–H and O–H groups in total. The molecule has 0 spiro atoms. The van der Waals surface area contributed by atoms with Crippen LogP contribution in [-0.4, -0.2) is 101 Å². The van der Waals surface area contributed by atoms with E-state index in [1.165, 1.54) is 14.2 Å². The highest BCUT2D eigenvalue weighted by atomic mass is 28.3. The average molecular weight is 833 g/mol. The first-order valence-corrected chi connectivity index (χ1v) is 24.6. The van der Waals surface area contributed by atoms with E-state index in [1.807, 2.05) is 29.8 Å². The summed E-state index contributed by atoms with van der Waals surface area (Å²) in [6.07, 6.45) is 6.90. The highest BCUT2D eigenvalue weighted by Crippen LogP contribution is 2.41. The van der Waals surface area contributed by atoms with Gasteiger partial charge in [-0.25, -0.2) is 19.6 Å². The van der Waals surface area contributed by atoms with Crippen LogP contribution in [0.2, 0.25) is 19.1 Å². The standard InChI is InChI=1S/C45H56N8O6Si/c1-26(2)37(50-44(56)58-3)42(54)52-21-9-12-35(52)40-46-23-34(48-40)28-15-13-27(14-16-28)30-17-19-32-31(22-30)18-20-33-39(32)49-41(47-33)36-24-60(5,6)25-53(36)43(55)38(51-45(57)59-4)29-10-7-8-11-29/h13-20,22-23,26,29,35-38H,7-12,21,24-25H2,1-6H3,(H,46,48)(H,47,49)(H,50,56)(H,51,57)/t35-,36+,37-,38-/m0/s1. The summed E-state index contributed by atoms with van der Waals surface area (Å²) in [7, 11) is 0.855. The van der Waals surface area contributed by atoms with Gasteiger partial charge in [-0.15, -0.1) is 0 Å². The van der Waals surface area contributed by atoms with Gasteiger partial charge in [0.25, 0.3) is 0 Å². The highest BCUT2D eigenvalue weighted by Gasteiger charge is 2.47. The molecule has 8 rings (SSSR count). The van der Waals surface area contributed by atoms with Gasteiger partial charge in [-0.2, -0.15) is 0 Å². The molecule has 5 aromatic rings. The fourth-order valence-electron chi connectivity index (χ4n) is 9.63. The lowest BCUT2D eigenvalue weighted by atomic mass is 9.96. The number of carbonyl (C=O) groups excluding carboxylic acids is 4. The molecule has 3 aromatic carbocycles. The van der Waals surface area contributed by atoms with Gasteiger partial charge < -0.3 is 39.9 Å². The number of aromatic nitrogens is 4. The van der Waals surface area contributed by atoms with Gasteiger partial charge in [0, 0.05) is 18.1 Å². The second-order valence-corrected chi connectivity index (χ2v) is 22.9. The van der Waals surface area contributed by atoms with Gasteiger partial charge in [0.2, 0.25) is 11.8 Å². The van der Waals surface area contributed by atoms with Crippen molar-refractivity contribution in [1.82, 2.24) is 40.4 Å². The summed E-state index contributed by atoms with van der Waals surface area (Å²) in [6, 6.07) is 18.1. The van der Waals surface area contributed by atoms with Crippen LogP contribution in [0.5, 0.6) is 0 Å². The van der Waals surface area contributed by atoms with Crippen LogP contribution in [0.15, 0.2) is 60.8 Å². The molecule has 2 aliphatic heterocycles. The molecule has 2 aromatic heterocycles. The molecule has 1 saturated carbocycles. The number of likely N-dealkylation sites (tertiary alicyclic amines) is 1. The Labute approximate surface area is 351 Å². The van der Waals surface area contributed by atoms with E-state index in [0.717, 1.165) is 100 Å². The summed E-state index contributed by atoms with van der Waals surface area (Å²) in [4.78, 5) is 73.1. The SMILES string of the molecule is COC(=O)N[C@H](C(=O)N1CCC[C@H]1c1ncc(-c2ccc(-c3ccc4c(ccc5[nH]c([C@H]6C[Si](C)(C)CN6C(=O)[C@@H](NC(=O)OC)C6CCCC6)nc54)c3)cc2)[nH]1)C(C)C. The molecule has 3 aliphatic rings. The monoisotopic (exact) mass is 832 g/mol. The highest BCUT2D eigenvalue weighted by molar-refractivity contribution is 6.78. The lowest BCUT2D eigenvalue weighted by Gasteiger charge is -2.31. The number of benzene rings is 3. The van der Waals surface area contributed by atoms with Crippen molar-refractivity contribution in [2.24, 2.45) is 11.8 Å². The minimum atomic E-state index is -1.78. The summed E-state index contributed by atoms with van der Waals surface area (Å²) in [6.45, 7) is 9.03. The maximum Gasteiger partial charge on any atom is 0.407 e. The molecule has 14 nitrogen and oxygen atoms in total. The van der Waals surface area contributed by atoms with E-state index in [1.54, 1.807) is 0 Å². The lowest BCUT2D eigenvalue weighted by molar-refractivity contribution is -0.136. The van der Waals surface area contributed by atoms with Gasteiger partial charge in [-0.05, 0) is 77.8 Å². The Balaban J connectivity index is 0.999. The van der Waals surface area contributed by atoms with Gasteiger partial charge in [0.05, 0.1) is 57.3 Å². The van der Waals surface area contributed by atoms with Crippen molar-refractivity contribution in [2.45, 2.75) is 95.7 Å². The van der Waals surface area contributed by atoms with Crippen LogP contribution in [0.1, 0.15) is 76.1 Å². The zero-order valence-corrected chi connectivity index (χ0v) is 36.3. The van der Waals surface area contributed by atoms with E-state index >= 15 is 0 Å². The molecule has 0 unspecified atom stereocenters. The molecule has 0 radical (unpaired) electrons. The number of H-pyrrole nitrogens is 2. The van der Waals surface area contributed by atoms with Crippen molar-refractivity contribution in [3.8, 4) is 22.4 Å². The summed E-state index contributed by atoms with van der Waals surface area (Å²) in [5.41, 5.74) is 5.79. The molecular formula is C45H56N8O6Si. The number of hydrogen-bond donors (Lipinski definition) is 4. The number of hydrogen-bond acceptors (Lipinski definition) is 8. The van der Waals surface area contributed by atoms with Crippen LogP contribution in [0.3, 0.4) is 0 Å². The maximum absolute atomic E-state index is 14.3.